The van der Waals surface area contributed by atoms with Gasteiger partial charge < -0.3 is 10.5 Å². The molecule has 0 aliphatic carbocycles. The van der Waals surface area contributed by atoms with Gasteiger partial charge in [-0.2, -0.15) is 18.3 Å². The smallest absolute Gasteiger partial charge is 0.433 e. The summed E-state index contributed by atoms with van der Waals surface area (Å²) >= 11 is 0. The Bertz CT molecular complexity index is 779. The molecule has 0 aliphatic rings. The highest BCUT2D eigenvalue weighted by atomic mass is 19.4. The number of pyridine rings is 1. The molecule has 2 N–H and O–H groups in total. The summed E-state index contributed by atoms with van der Waals surface area (Å²) in [6.45, 7) is 5.51. The molecule has 0 radical (unpaired) electrons. The van der Waals surface area contributed by atoms with Gasteiger partial charge in [-0.3, -0.25) is 9.67 Å². The second-order valence-corrected chi connectivity index (χ2v) is 7.10. The Kier molecular flexibility index (Phi) is 5.03. The predicted molar refractivity (Wildman–Crippen MR) is 88.2 cm³/mol. The Hall–Kier alpha value is -2.58. The number of nitrogens with two attached hydrogens (primary N) is 1. The van der Waals surface area contributed by atoms with E-state index in [1.807, 2.05) is 20.8 Å². The summed E-state index contributed by atoms with van der Waals surface area (Å²) in [5.41, 5.74) is 3.73. The van der Waals surface area contributed by atoms with Gasteiger partial charge in [0.15, 0.2) is 0 Å². The van der Waals surface area contributed by atoms with Crippen molar-refractivity contribution in [1.29, 1.82) is 0 Å². The fourth-order valence-electron chi connectivity index (χ4n) is 3.05. The molecular formula is C17H21F3N4O2. The first-order valence-corrected chi connectivity index (χ1v) is 7.83. The van der Waals surface area contributed by atoms with Crippen LogP contribution >= 0.6 is 0 Å². The van der Waals surface area contributed by atoms with Crippen LogP contribution in [0.4, 0.5) is 18.0 Å². The van der Waals surface area contributed by atoms with Crippen LogP contribution in [0.2, 0.25) is 0 Å². The standard InChI is InChI=1S/C17H21F3N4O2/c1-15(2,3)16(10-26-14(21)25,12-8-23-24(4)9-12)11-5-6-13(22-7-11)17(18,19)20/h5-9H,10H2,1-4H3,(H2,21,25). The fraction of sp³-hybridized carbons (Fsp3) is 0.471. The normalized spacial score (nSPS) is 14.7. The van der Waals surface area contributed by atoms with E-state index in [1.54, 1.807) is 24.1 Å². The summed E-state index contributed by atoms with van der Waals surface area (Å²) in [6, 6.07) is 2.26. The highest BCUT2D eigenvalue weighted by Gasteiger charge is 2.47. The van der Waals surface area contributed by atoms with E-state index in [9.17, 15) is 18.0 Å². The zero-order chi connectivity index (χ0) is 19.8. The van der Waals surface area contributed by atoms with Crippen molar-refractivity contribution in [3.8, 4) is 0 Å². The molecule has 0 fully saturated rings. The van der Waals surface area contributed by atoms with Crippen LogP contribution in [-0.2, 0) is 23.4 Å². The van der Waals surface area contributed by atoms with Crippen molar-refractivity contribution >= 4 is 6.09 Å². The van der Waals surface area contributed by atoms with Gasteiger partial charge in [0, 0.05) is 25.0 Å². The summed E-state index contributed by atoms with van der Waals surface area (Å²) < 4.78 is 45.3. The Morgan fingerprint density at radius 2 is 1.85 bits per heavy atom. The molecule has 26 heavy (non-hydrogen) atoms. The molecule has 2 aromatic rings. The Morgan fingerprint density at radius 1 is 1.19 bits per heavy atom. The molecule has 0 saturated heterocycles. The molecule has 2 aromatic heterocycles. The number of halogens is 3. The second kappa shape index (κ2) is 6.62. The molecule has 0 aromatic carbocycles. The molecule has 2 heterocycles. The van der Waals surface area contributed by atoms with Gasteiger partial charge in [0.25, 0.3) is 0 Å². The van der Waals surface area contributed by atoms with E-state index in [0.29, 0.717) is 11.1 Å². The molecule has 6 nitrogen and oxygen atoms in total. The lowest BCUT2D eigenvalue weighted by molar-refractivity contribution is -0.141. The second-order valence-electron chi connectivity index (χ2n) is 7.10. The maximum absolute atomic E-state index is 12.9. The zero-order valence-corrected chi connectivity index (χ0v) is 15.0. The number of carbonyl (C=O) groups excluding carboxylic acids is 1. The number of alkyl halides is 3. The van der Waals surface area contributed by atoms with E-state index in [4.69, 9.17) is 10.5 Å². The summed E-state index contributed by atoms with van der Waals surface area (Å²) in [5.74, 6) is 0. The van der Waals surface area contributed by atoms with Gasteiger partial charge >= 0.3 is 12.3 Å². The highest BCUT2D eigenvalue weighted by Crippen LogP contribution is 2.47. The van der Waals surface area contributed by atoms with Crippen molar-refractivity contribution in [3.05, 3.63) is 47.5 Å². The average molecular weight is 370 g/mol. The number of ether oxygens (including phenoxy) is 1. The van der Waals surface area contributed by atoms with Crippen molar-refractivity contribution in [1.82, 2.24) is 14.8 Å². The largest absolute Gasteiger partial charge is 0.448 e. The van der Waals surface area contributed by atoms with Gasteiger partial charge in [-0.1, -0.05) is 26.8 Å². The average Bonchev–Trinajstić information content (AvgIpc) is 2.92. The molecule has 142 valence electrons. The molecule has 0 spiro atoms. The summed E-state index contributed by atoms with van der Waals surface area (Å²) in [5, 5.41) is 4.15. The Balaban J connectivity index is 2.67. The van der Waals surface area contributed by atoms with Crippen molar-refractivity contribution < 1.29 is 22.7 Å². The summed E-state index contributed by atoms with van der Waals surface area (Å²) in [4.78, 5) is 14.8. The number of aromatic nitrogens is 3. The maximum Gasteiger partial charge on any atom is 0.433 e. The van der Waals surface area contributed by atoms with Crippen molar-refractivity contribution in [2.24, 2.45) is 18.2 Å². The van der Waals surface area contributed by atoms with Gasteiger partial charge in [-0.15, -0.1) is 0 Å². The van der Waals surface area contributed by atoms with E-state index in [0.717, 1.165) is 12.3 Å². The van der Waals surface area contributed by atoms with E-state index in [1.165, 1.54) is 6.07 Å². The lowest BCUT2D eigenvalue weighted by Gasteiger charge is -2.44. The molecule has 1 unspecified atom stereocenters. The summed E-state index contributed by atoms with van der Waals surface area (Å²) in [6.07, 6.45) is -1.03. The molecule has 1 atom stereocenters. The van der Waals surface area contributed by atoms with E-state index in [-0.39, 0.29) is 6.61 Å². The van der Waals surface area contributed by atoms with Crippen LogP contribution in [-0.4, -0.2) is 27.5 Å². The number of hydrogen-bond acceptors (Lipinski definition) is 4. The third-order valence-electron chi connectivity index (χ3n) is 4.46. The van der Waals surface area contributed by atoms with Crippen LogP contribution in [0.5, 0.6) is 0 Å². The van der Waals surface area contributed by atoms with Crippen LogP contribution in [0.15, 0.2) is 30.7 Å². The molecule has 1 amide bonds. The van der Waals surface area contributed by atoms with Crippen LogP contribution in [0.25, 0.3) is 0 Å². The SMILES string of the molecule is Cn1cc(C(COC(N)=O)(c2ccc(C(F)(F)F)nc2)C(C)(C)C)cn1. The quantitative estimate of drug-likeness (QED) is 0.895. The first-order chi connectivity index (χ1) is 11.9. The minimum Gasteiger partial charge on any atom is -0.448 e. The van der Waals surface area contributed by atoms with Crippen molar-refractivity contribution in [2.45, 2.75) is 32.4 Å². The van der Waals surface area contributed by atoms with Crippen LogP contribution in [0.1, 0.15) is 37.6 Å². The van der Waals surface area contributed by atoms with E-state index < -0.39 is 28.8 Å². The van der Waals surface area contributed by atoms with E-state index in [2.05, 4.69) is 10.1 Å². The molecule has 0 aliphatic heterocycles. The van der Waals surface area contributed by atoms with Crippen molar-refractivity contribution in [2.75, 3.05) is 6.61 Å². The van der Waals surface area contributed by atoms with Crippen molar-refractivity contribution in [3.63, 3.8) is 0 Å². The zero-order valence-electron chi connectivity index (χ0n) is 15.0. The number of amides is 1. The third kappa shape index (κ3) is 3.66. The molecular weight excluding hydrogens is 349 g/mol. The number of hydrogen-bond donors (Lipinski definition) is 1. The number of aryl methyl sites for hydroxylation is 1. The van der Waals surface area contributed by atoms with Crippen LogP contribution in [0.3, 0.4) is 0 Å². The Labute approximate surface area is 149 Å². The minimum absolute atomic E-state index is 0.162. The lowest BCUT2D eigenvalue weighted by Crippen LogP contribution is -2.46. The van der Waals surface area contributed by atoms with Gasteiger partial charge in [0.2, 0.25) is 0 Å². The van der Waals surface area contributed by atoms with E-state index >= 15 is 0 Å². The molecule has 9 heteroatoms. The van der Waals surface area contributed by atoms with Gasteiger partial charge in [-0.25, -0.2) is 4.79 Å². The minimum atomic E-state index is -4.54. The third-order valence-corrected chi connectivity index (χ3v) is 4.46. The van der Waals surface area contributed by atoms with Gasteiger partial charge in [-0.05, 0) is 17.0 Å². The van der Waals surface area contributed by atoms with Gasteiger partial charge in [0.1, 0.15) is 12.3 Å². The number of carbonyl (C=O) groups is 1. The molecule has 0 bridgehead atoms. The molecule has 0 saturated carbocycles. The van der Waals surface area contributed by atoms with Crippen LogP contribution < -0.4 is 5.73 Å². The van der Waals surface area contributed by atoms with Gasteiger partial charge in [0.05, 0.1) is 11.6 Å². The fourth-order valence-corrected chi connectivity index (χ4v) is 3.05. The first-order valence-electron chi connectivity index (χ1n) is 7.83. The maximum atomic E-state index is 12.9. The monoisotopic (exact) mass is 370 g/mol. The summed E-state index contributed by atoms with van der Waals surface area (Å²) in [7, 11) is 1.72. The number of nitrogens with zero attached hydrogens (tertiary/aromatic N) is 3. The number of primary amides is 1. The Morgan fingerprint density at radius 3 is 2.23 bits per heavy atom. The first kappa shape index (κ1) is 19.7. The lowest BCUT2D eigenvalue weighted by atomic mass is 9.60. The number of rotatable bonds is 4. The van der Waals surface area contributed by atoms with Crippen LogP contribution in [0, 0.1) is 5.41 Å². The highest BCUT2D eigenvalue weighted by molar-refractivity contribution is 5.65. The predicted octanol–water partition coefficient (Wildman–Crippen LogP) is 3.26. The molecule has 2 rings (SSSR count). The topological polar surface area (TPSA) is 83.0 Å².